The van der Waals surface area contributed by atoms with Crippen molar-refractivity contribution in [3.8, 4) is 0 Å². The van der Waals surface area contributed by atoms with Gasteiger partial charge in [-0.25, -0.2) is 14.0 Å². The van der Waals surface area contributed by atoms with Crippen LogP contribution in [0, 0.1) is 5.82 Å². The lowest BCUT2D eigenvalue weighted by Crippen LogP contribution is -2.46. The van der Waals surface area contributed by atoms with E-state index >= 15 is 4.39 Å². The van der Waals surface area contributed by atoms with E-state index in [0.717, 1.165) is 19.3 Å². The summed E-state index contributed by atoms with van der Waals surface area (Å²) in [5.74, 6) is -6.03. The van der Waals surface area contributed by atoms with E-state index in [2.05, 4.69) is 0 Å². The largest absolute Gasteiger partial charge is 0.429 e. The van der Waals surface area contributed by atoms with Gasteiger partial charge < -0.3 is 28.4 Å². The number of hydrogen-bond donors (Lipinski definition) is 1. The molecule has 5 saturated heterocycles. The number of rotatable bonds is 3. The fraction of sp³-hybridized carbons (Fsp3) is 0.741. The lowest BCUT2D eigenvalue weighted by molar-refractivity contribution is -0.355. The maximum absolute atomic E-state index is 15.2. The molecule has 1 saturated carbocycles. The first-order valence-electron chi connectivity index (χ1n) is 13.8. The summed E-state index contributed by atoms with van der Waals surface area (Å²) >= 11 is 0. The van der Waals surface area contributed by atoms with Gasteiger partial charge >= 0.3 is 5.97 Å². The molecule has 0 amide bonds. The van der Waals surface area contributed by atoms with Gasteiger partial charge in [-0.2, -0.15) is 0 Å². The molecular formula is C27H35FN2O9. The van der Waals surface area contributed by atoms with Gasteiger partial charge in [-0.1, -0.05) is 24.6 Å². The Kier molecular flexibility index (Phi) is 5.96. The molecule has 1 aromatic rings. The SMILES string of the molecule is CC1(C)O[C@@H]2[C@H](O1)[C@H](C1CO[C@@](C)(N)O1)O[C@H]2N1O[C@@]2(C[C@@H]1c1ccccc1F)OC1(CCCCC1)OC2=O. The summed E-state index contributed by atoms with van der Waals surface area (Å²) in [6.07, 6.45) is 0.720. The topological polar surface area (TPSA) is 120 Å². The van der Waals surface area contributed by atoms with Crippen molar-refractivity contribution in [2.24, 2.45) is 5.73 Å². The van der Waals surface area contributed by atoms with Crippen molar-refractivity contribution >= 4 is 5.97 Å². The number of hydroxylamine groups is 2. The molecule has 1 unspecified atom stereocenters. The van der Waals surface area contributed by atoms with Crippen LogP contribution in [0.2, 0.25) is 0 Å². The molecule has 0 bridgehead atoms. The number of fused-ring (bicyclic) bond motifs is 1. The zero-order valence-electron chi connectivity index (χ0n) is 22.3. The van der Waals surface area contributed by atoms with E-state index in [9.17, 15) is 4.79 Å². The second-order valence-corrected chi connectivity index (χ2v) is 11.9. The van der Waals surface area contributed by atoms with Crippen LogP contribution < -0.4 is 5.73 Å². The van der Waals surface area contributed by atoms with E-state index in [-0.39, 0.29) is 13.0 Å². The number of carbonyl (C=O) groups is 1. The Morgan fingerprint density at radius 2 is 1.74 bits per heavy atom. The van der Waals surface area contributed by atoms with Gasteiger partial charge in [0.15, 0.2) is 12.0 Å². The molecule has 6 aliphatic rings. The van der Waals surface area contributed by atoms with Crippen molar-refractivity contribution < 1.29 is 47.2 Å². The van der Waals surface area contributed by atoms with Gasteiger partial charge in [-0.3, -0.25) is 10.5 Å². The number of nitrogens with two attached hydrogens (primary N) is 1. The number of esters is 1. The molecule has 5 heterocycles. The number of carbonyl (C=O) groups excluding carboxylic acids is 1. The minimum absolute atomic E-state index is 0.0184. The second-order valence-electron chi connectivity index (χ2n) is 11.9. The summed E-state index contributed by atoms with van der Waals surface area (Å²) in [6.45, 7) is 5.43. The predicted octanol–water partition coefficient (Wildman–Crippen LogP) is 2.73. The molecule has 214 valence electrons. The molecule has 2 N–H and O–H groups in total. The van der Waals surface area contributed by atoms with Gasteiger partial charge in [0.05, 0.1) is 12.6 Å². The Bertz CT molecular complexity index is 1140. The number of benzene rings is 1. The average Bonchev–Trinajstić information content (AvgIpc) is 3.64. The second kappa shape index (κ2) is 8.88. The van der Waals surface area contributed by atoms with Crippen LogP contribution in [0.1, 0.15) is 70.9 Å². The van der Waals surface area contributed by atoms with Gasteiger partial charge in [-0.15, -0.1) is 5.06 Å². The van der Waals surface area contributed by atoms with Gasteiger partial charge in [-0.05, 0) is 32.8 Å². The standard InChI is InChI=1S/C27H35FN2O9/c1-24(2)35-20-19(18-14-32-25(3,29)34-18)33-22(21(20)36-24)30-17(15-9-5-6-10-16(15)28)13-27(39-30)23(31)37-26(38-27)11-7-4-8-12-26/h5-6,9-10,17-22H,4,7-8,11-14,29H2,1-3H3/t17-,18?,19+,20-,21-,22-,25-,27-/m1/s1. The highest BCUT2D eigenvalue weighted by Crippen LogP contribution is 2.54. The van der Waals surface area contributed by atoms with Crippen molar-refractivity contribution in [3.63, 3.8) is 0 Å². The van der Waals surface area contributed by atoms with Crippen LogP contribution in [0.5, 0.6) is 0 Å². The van der Waals surface area contributed by atoms with Crippen LogP contribution in [0.4, 0.5) is 4.39 Å². The molecule has 6 fully saturated rings. The molecule has 0 aromatic heterocycles. The summed E-state index contributed by atoms with van der Waals surface area (Å²) in [5, 5.41) is 1.49. The molecule has 12 heteroatoms. The molecule has 2 spiro atoms. The third-order valence-corrected chi connectivity index (χ3v) is 8.44. The van der Waals surface area contributed by atoms with Crippen molar-refractivity contribution in [1.29, 1.82) is 0 Å². The molecule has 1 aliphatic carbocycles. The molecule has 0 radical (unpaired) electrons. The van der Waals surface area contributed by atoms with E-state index in [4.69, 9.17) is 43.7 Å². The molecule has 11 nitrogen and oxygen atoms in total. The molecule has 8 atom stereocenters. The summed E-state index contributed by atoms with van der Waals surface area (Å²) < 4.78 is 58.0. The first kappa shape index (κ1) is 26.2. The van der Waals surface area contributed by atoms with Crippen LogP contribution in [0.3, 0.4) is 0 Å². The van der Waals surface area contributed by atoms with E-state index in [0.29, 0.717) is 18.4 Å². The first-order chi connectivity index (χ1) is 18.5. The third-order valence-electron chi connectivity index (χ3n) is 8.44. The van der Waals surface area contributed by atoms with Crippen LogP contribution in [-0.4, -0.2) is 71.6 Å². The third kappa shape index (κ3) is 4.32. The summed E-state index contributed by atoms with van der Waals surface area (Å²) in [4.78, 5) is 19.8. The number of hydrogen-bond acceptors (Lipinski definition) is 11. The number of halogens is 1. The Morgan fingerprint density at radius 3 is 2.46 bits per heavy atom. The minimum atomic E-state index is -1.74. The minimum Gasteiger partial charge on any atom is -0.429 e. The smallest absolute Gasteiger partial charge is 0.371 e. The normalized spacial score (nSPS) is 44.9. The zero-order chi connectivity index (χ0) is 27.2. The maximum Gasteiger partial charge on any atom is 0.371 e. The molecule has 1 aromatic carbocycles. The molecular weight excluding hydrogens is 515 g/mol. The number of nitrogens with zero attached hydrogens (tertiary/aromatic N) is 1. The van der Waals surface area contributed by atoms with Gasteiger partial charge in [0, 0.05) is 31.7 Å². The Morgan fingerprint density at radius 1 is 1.00 bits per heavy atom. The highest BCUT2D eigenvalue weighted by atomic mass is 19.1. The quantitative estimate of drug-likeness (QED) is 0.560. The van der Waals surface area contributed by atoms with Crippen LogP contribution in [0.15, 0.2) is 24.3 Å². The van der Waals surface area contributed by atoms with Crippen molar-refractivity contribution in [2.75, 3.05) is 6.61 Å². The fourth-order valence-corrected chi connectivity index (χ4v) is 6.81. The fourth-order valence-electron chi connectivity index (χ4n) is 6.81. The zero-order valence-corrected chi connectivity index (χ0v) is 22.3. The Labute approximate surface area is 225 Å². The van der Waals surface area contributed by atoms with E-state index in [1.54, 1.807) is 25.1 Å². The lowest BCUT2D eigenvalue weighted by Gasteiger charge is -2.33. The first-order valence-corrected chi connectivity index (χ1v) is 13.8. The highest BCUT2D eigenvalue weighted by molar-refractivity contribution is 5.80. The van der Waals surface area contributed by atoms with Crippen LogP contribution >= 0.6 is 0 Å². The van der Waals surface area contributed by atoms with Crippen molar-refractivity contribution in [3.05, 3.63) is 35.6 Å². The van der Waals surface area contributed by atoms with Gasteiger partial charge in [0.1, 0.15) is 30.2 Å². The van der Waals surface area contributed by atoms with Gasteiger partial charge in [0.2, 0.25) is 11.7 Å². The van der Waals surface area contributed by atoms with Crippen molar-refractivity contribution in [1.82, 2.24) is 5.06 Å². The summed E-state index contributed by atoms with van der Waals surface area (Å²) in [5.41, 5.74) is 6.38. The number of ether oxygens (including phenoxy) is 7. The van der Waals surface area contributed by atoms with Crippen LogP contribution in [0.25, 0.3) is 0 Å². The molecule has 7 rings (SSSR count). The van der Waals surface area contributed by atoms with E-state index < -0.39 is 71.7 Å². The Balaban J connectivity index is 1.24. The average molecular weight is 551 g/mol. The van der Waals surface area contributed by atoms with E-state index in [1.807, 2.05) is 13.8 Å². The van der Waals surface area contributed by atoms with Gasteiger partial charge in [0.25, 0.3) is 5.79 Å². The molecule has 5 aliphatic heterocycles. The van der Waals surface area contributed by atoms with E-state index in [1.165, 1.54) is 11.1 Å². The maximum atomic E-state index is 15.2. The van der Waals surface area contributed by atoms with Crippen LogP contribution in [-0.2, 0) is 42.8 Å². The Hall–Kier alpha value is -1.74. The predicted molar refractivity (Wildman–Crippen MR) is 128 cm³/mol. The monoisotopic (exact) mass is 550 g/mol. The molecule has 39 heavy (non-hydrogen) atoms. The summed E-state index contributed by atoms with van der Waals surface area (Å²) in [7, 11) is 0. The van der Waals surface area contributed by atoms with Crippen molar-refractivity contribution in [2.45, 2.75) is 119 Å². The summed E-state index contributed by atoms with van der Waals surface area (Å²) in [6, 6.07) is 5.65. The lowest BCUT2D eigenvalue weighted by atomic mass is 9.94. The highest BCUT2D eigenvalue weighted by Gasteiger charge is 2.69.